The molecule has 0 amide bonds. The molecule has 0 radical (unpaired) electrons. The van der Waals surface area contributed by atoms with Crippen molar-refractivity contribution >= 4 is 45.4 Å². The van der Waals surface area contributed by atoms with E-state index in [9.17, 15) is 8.42 Å². The van der Waals surface area contributed by atoms with E-state index in [1.54, 1.807) is 13.8 Å². The van der Waals surface area contributed by atoms with E-state index >= 15 is 0 Å². The molecule has 7 nitrogen and oxygen atoms in total. The number of fused-ring (bicyclic) bond motifs is 1. The molecule has 1 saturated heterocycles. The summed E-state index contributed by atoms with van der Waals surface area (Å²) in [6.45, 7) is 7.64. The van der Waals surface area contributed by atoms with Crippen molar-refractivity contribution in [2.24, 2.45) is 4.99 Å². The molecule has 26 heavy (non-hydrogen) atoms. The number of aliphatic imine (C=N–C) groups is 1. The Kier molecular flexibility index (Phi) is 6.54. The number of hydrogen-bond donors (Lipinski definition) is 1. The van der Waals surface area contributed by atoms with Crippen LogP contribution in [0.3, 0.4) is 0 Å². The highest BCUT2D eigenvalue weighted by Gasteiger charge is 2.40. The van der Waals surface area contributed by atoms with E-state index in [4.69, 9.17) is 0 Å². The van der Waals surface area contributed by atoms with Crippen molar-refractivity contribution in [3.8, 4) is 0 Å². The molecule has 2 aromatic rings. The molecule has 1 aliphatic heterocycles. The lowest BCUT2D eigenvalue weighted by molar-refractivity contribution is 0.353. The van der Waals surface area contributed by atoms with Crippen LogP contribution in [0.25, 0.3) is 5.65 Å². The zero-order chi connectivity index (χ0) is 18.1. The molecule has 0 aromatic carbocycles. The van der Waals surface area contributed by atoms with Crippen LogP contribution >= 0.6 is 24.0 Å². The minimum absolute atomic E-state index is 0. The van der Waals surface area contributed by atoms with Crippen molar-refractivity contribution < 1.29 is 8.42 Å². The summed E-state index contributed by atoms with van der Waals surface area (Å²) in [4.78, 5) is 11.3. The first-order valence-electron chi connectivity index (χ1n) is 8.50. The van der Waals surface area contributed by atoms with Crippen LogP contribution < -0.4 is 5.32 Å². The maximum atomic E-state index is 12.2. The van der Waals surface area contributed by atoms with Gasteiger partial charge in [0.25, 0.3) is 0 Å². The second-order valence-electron chi connectivity index (χ2n) is 6.87. The van der Waals surface area contributed by atoms with Crippen LogP contribution in [0.4, 0.5) is 0 Å². The van der Waals surface area contributed by atoms with Gasteiger partial charge in [-0.25, -0.2) is 18.4 Å². The van der Waals surface area contributed by atoms with Gasteiger partial charge in [-0.3, -0.25) is 0 Å². The molecule has 0 atom stereocenters. The molecule has 0 aliphatic carbocycles. The maximum absolute atomic E-state index is 12.2. The maximum Gasteiger partial charge on any atom is 0.194 e. The number of rotatable bonds is 3. The van der Waals surface area contributed by atoms with Gasteiger partial charge in [0.2, 0.25) is 0 Å². The lowest BCUT2D eigenvalue weighted by atomic mass is 10.2. The number of guanidine groups is 1. The number of halogens is 1. The monoisotopic (exact) mass is 491 g/mol. The lowest BCUT2D eigenvalue weighted by Crippen LogP contribution is -2.57. The molecule has 0 bridgehead atoms. The van der Waals surface area contributed by atoms with Crippen molar-refractivity contribution in [3.63, 3.8) is 0 Å². The third-order valence-electron chi connectivity index (χ3n) is 4.48. The molecule has 9 heteroatoms. The van der Waals surface area contributed by atoms with Gasteiger partial charge < -0.3 is 14.6 Å². The number of sulfone groups is 1. The van der Waals surface area contributed by atoms with Crippen molar-refractivity contribution in [3.05, 3.63) is 36.3 Å². The first-order chi connectivity index (χ1) is 11.8. The van der Waals surface area contributed by atoms with Gasteiger partial charge in [0.15, 0.2) is 15.8 Å². The van der Waals surface area contributed by atoms with E-state index in [2.05, 4.69) is 15.3 Å². The predicted molar refractivity (Wildman–Crippen MR) is 115 cm³/mol. The molecule has 0 unspecified atom stereocenters. The van der Waals surface area contributed by atoms with Gasteiger partial charge in [-0.05, 0) is 32.9 Å². The quantitative estimate of drug-likeness (QED) is 0.404. The highest BCUT2D eigenvalue weighted by molar-refractivity contribution is 14.0. The van der Waals surface area contributed by atoms with Crippen molar-refractivity contribution in [2.75, 3.05) is 25.4 Å². The van der Waals surface area contributed by atoms with Crippen molar-refractivity contribution in [1.82, 2.24) is 19.6 Å². The molecule has 3 rings (SSSR count). The van der Waals surface area contributed by atoms with Crippen molar-refractivity contribution in [1.29, 1.82) is 0 Å². The second kappa shape index (κ2) is 8.12. The fraction of sp³-hybridized carbons (Fsp3) is 0.529. The van der Waals surface area contributed by atoms with E-state index in [0.29, 0.717) is 19.6 Å². The van der Waals surface area contributed by atoms with Gasteiger partial charge in [-0.15, -0.1) is 24.0 Å². The number of pyridine rings is 1. The summed E-state index contributed by atoms with van der Waals surface area (Å²) in [5.41, 5.74) is 1.77. The molecular formula is C17H26IN5O2S. The van der Waals surface area contributed by atoms with Crippen molar-refractivity contribution in [2.45, 2.75) is 32.1 Å². The summed E-state index contributed by atoms with van der Waals surface area (Å²) >= 11 is 0. The minimum Gasteiger partial charge on any atom is -0.357 e. The fourth-order valence-electron chi connectivity index (χ4n) is 2.97. The second-order valence-corrected chi connectivity index (χ2v) is 9.61. The first-order valence-corrected chi connectivity index (χ1v) is 10.2. The Labute approximate surface area is 171 Å². The molecule has 0 saturated carbocycles. The molecule has 2 aromatic heterocycles. The van der Waals surface area contributed by atoms with E-state index < -0.39 is 14.6 Å². The Morgan fingerprint density at radius 2 is 2.15 bits per heavy atom. The van der Waals surface area contributed by atoms with Gasteiger partial charge in [0.1, 0.15) is 5.65 Å². The average Bonchev–Trinajstić information content (AvgIpc) is 2.97. The van der Waals surface area contributed by atoms with Crippen LogP contribution in [0.2, 0.25) is 0 Å². The Balaban J connectivity index is 0.00000243. The summed E-state index contributed by atoms with van der Waals surface area (Å²) in [6, 6.07) is 5.87. The van der Waals surface area contributed by atoms with Gasteiger partial charge in [0.05, 0.1) is 22.7 Å². The van der Waals surface area contributed by atoms with Crippen LogP contribution in [-0.2, 0) is 16.4 Å². The summed E-state index contributed by atoms with van der Waals surface area (Å²) in [5.74, 6) is 0.890. The average molecular weight is 491 g/mol. The largest absolute Gasteiger partial charge is 0.357 e. The van der Waals surface area contributed by atoms with Gasteiger partial charge >= 0.3 is 0 Å². The van der Waals surface area contributed by atoms with E-state index in [1.807, 2.05) is 46.8 Å². The van der Waals surface area contributed by atoms with Crippen LogP contribution in [0.1, 0.15) is 26.5 Å². The van der Waals surface area contributed by atoms with Crippen LogP contribution in [-0.4, -0.2) is 58.8 Å². The molecule has 1 fully saturated rings. The number of aromatic nitrogens is 2. The predicted octanol–water partition coefficient (Wildman–Crippen LogP) is 1.93. The van der Waals surface area contributed by atoms with Crippen LogP contribution in [0, 0.1) is 0 Å². The highest BCUT2D eigenvalue weighted by Crippen LogP contribution is 2.23. The van der Waals surface area contributed by atoms with E-state index in [0.717, 1.165) is 23.8 Å². The summed E-state index contributed by atoms with van der Waals surface area (Å²) in [6.07, 6.45) is 3.92. The van der Waals surface area contributed by atoms with Crippen LogP contribution in [0.15, 0.2) is 35.6 Å². The van der Waals surface area contributed by atoms with Gasteiger partial charge in [-0.1, -0.05) is 6.07 Å². The molecular weight excluding hydrogens is 465 g/mol. The zero-order valence-electron chi connectivity index (χ0n) is 15.3. The number of nitrogens with one attached hydrogen (secondary N) is 1. The zero-order valence-corrected chi connectivity index (χ0v) is 18.5. The smallest absolute Gasteiger partial charge is 0.194 e. The third kappa shape index (κ3) is 4.30. The third-order valence-corrected chi connectivity index (χ3v) is 7.02. The summed E-state index contributed by atoms with van der Waals surface area (Å²) in [5, 5.41) is 3.27. The number of imidazole rings is 1. The molecule has 3 heterocycles. The lowest BCUT2D eigenvalue weighted by Gasteiger charge is -2.39. The van der Waals surface area contributed by atoms with Gasteiger partial charge in [-0.2, -0.15) is 0 Å². The number of hydrogen-bond acceptors (Lipinski definition) is 4. The first kappa shape index (κ1) is 20.9. The van der Waals surface area contributed by atoms with Gasteiger partial charge in [0, 0.05) is 32.0 Å². The highest BCUT2D eigenvalue weighted by atomic mass is 127. The SMILES string of the molecule is CCNC(=NCc1cn2ccccc2n1)N1CCS(=O)(=O)C(C)(C)C1.I. The molecule has 1 N–H and O–H groups in total. The summed E-state index contributed by atoms with van der Waals surface area (Å²) in [7, 11) is -3.07. The molecule has 0 spiro atoms. The van der Waals surface area contributed by atoms with Crippen LogP contribution in [0.5, 0.6) is 0 Å². The molecule has 144 valence electrons. The van der Waals surface area contributed by atoms with E-state index in [1.165, 1.54) is 0 Å². The Bertz CT molecular complexity index is 858. The number of nitrogens with zero attached hydrogens (tertiary/aromatic N) is 4. The Morgan fingerprint density at radius 3 is 2.81 bits per heavy atom. The standard InChI is InChI=1S/C17H25N5O2S.HI/c1-4-18-16(22-9-10-25(23,24)17(2,3)13-22)19-11-14-12-21-8-6-5-7-15(21)20-14;/h5-8,12H,4,9-11,13H2,1-3H3,(H,18,19);1H. The van der Waals surface area contributed by atoms with E-state index in [-0.39, 0.29) is 29.7 Å². The Morgan fingerprint density at radius 1 is 1.38 bits per heavy atom. The Hall–Kier alpha value is -1.36. The molecule has 1 aliphatic rings. The fourth-order valence-corrected chi connectivity index (χ4v) is 4.34. The summed E-state index contributed by atoms with van der Waals surface area (Å²) < 4.78 is 25.6. The minimum atomic E-state index is -3.07. The normalized spacial score (nSPS) is 19.2. The topological polar surface area (TPSA) is 79.1 Å².